The number of phenols is 3. The molecule has 0 bridgehead atoms. The maximum Gasteiger partial charge on any atom is 0.202 e. The first-order valence-corrected chi connectivity index (χ1v) is 10.8. The molecular formula is C26H30O7. The van der Waals surface area contributed by atoms with Crippen LogP contribution in [0.4, 0.5) is 0 Å². The summed E-state index contributed by atoms with van der Waals surface area (Å²) in [6.07, 6.45) is 3.28. The van der Waals surface area contributed by atoms with Crippen LogP contribution in [0.2, 0.25) is 0 Å². The van der Waals surface area contributed by atoms with E-state index in [0.717, 1.165) is 18.4 Å². The van der Waals surface area contributed by atoms with Crippen LogP contribution >= 0.6 is 0 Å². The number of carbonyl (C=O) groups is 1. The Hall–Kier alpha value is -3.45. The molecule has 0 radical (unpaired) electrons. The molecule has 1 aliphatic rings. The number of methoxy groups -OCH3 is 1. The monoisotopic (exact) mass is 454 g/mol. The van der Waals surface area contributed by atoms with Crippen molar-refractivity contribution < 1.29 is 34.7 Å². The first-order valence-electron chi connectivity index (χ1n) is 10.8. The number of carbonyl (C=O) groups excluding carboxylic acids is 1. The van der Waals surface area contributed by atoms with Crippen LogP contribution in [0.15, 0.2) is 47.6 Å². The predicted octanol–water partition coefficient (Wildman–Crippen LogP) is 4.72. The summed E-state index contributed by atoms with van der Waals surface area (Å²) in [6.45, 7) is 6.05. The minimum atomic E-state index is -1.60. The Balaban J connectivity index is 1.89. The lowest BCUT2D eigenvalue weighted by Gasteiger charge is -2.31. The number of fused-ring (bicyclic) bond motifs is 1. The Labute approximate surface area is 193 Å². The number of allylic oxidation sites excluding steroid dienone is 4. The standard InChI is InChI=1S/C26H30O7/c1-14(2)6-5-7-15(3)8-10-17-18(27)13-21-22(23(17)29)24(30)25(31)26(33-21)16-9-11-20(32-4)19(28)12-16/h6,8-9,11-13,25-29,31H,5,7,10H2,1-4H3. The lowest BCUT2D eigenvalue weighted by molar-refractivity contribution is 0.0209. The van der Waals surface area contributed by atoms with Crippen molar-refractivity contribution in [1.82, 2.24) is 0 Å². The van der Waals surface area contributed by atoms with Crippen LogP contribution in [0.5, 0.6) is 28.7 Å². The minimum Gasteiger partial charge on any atom is -0.507 e. The molecule has 2 aromatic rings. The van der Waals surface area contributed by atoms with Crippen LogP contribution in [0.3, 0.4) is 0 Å². The van der Waals surface area contributed by atoms with Gasteiger partial charge in [0.25, 0.3) is 0 Å². The SMILES string of the molecule is COc1ccc(C2Oc3cc(O)c(CC=C(C)CCC=C(C)C)c(O)c3C(=O)C2O)cc1O. The van der Waals surface area contributed by atoms with E-state index in [0.29, 0.717) is 5.56 Å². The number of aliphatic hydroxyl groups is 1. The van der Waals surface area contributed by atoms with E-state index in [1.165, 1.54) is 30.9 Å². The van der Waals surface area contributed by atoms with Crippen molar-refractivity contribution in [3.8, 4) is 28.7 Å². The van der Waals surface area contributed by atoms with Crippen LogP contribution in [0.1, 0.15) is 61.2 Å². The lowest BCUT2D eigenvalue weighted by Crippen LogP contribution is -2.36. The van der Waals surface area contributed by atoms with E-state index in [1.807, 2.05) is 26.8 Å². The number of rotatable bonds is 7. The summed E-state index contributed by atoms with van der Waals surface area (Å²) in [5.41, 5.74) is 2.71. The second-order valence-corrected chi connectivity index (χ2v) is 8.45. The highest BCUT2D eigenvalue weighted by atomic mass is 16.5. The molecule has 7 heteroatoms. The lowest BCUT2D eigenvalue weighted by atomic mass is 9.90. The van der Waals surface area contributed by atoms with Crippen molar-refractivity contribution in [1.29, 1.82) is 0 Å². The summed E-state index contributed by atoms with van der Waals surface area (Å²) < 4.78 is 10.8. The topological polar surface area (TPSA) is 116 Å². The third-order valence-corrected chi connectivity index (χ3v) is 5.68. The van der Waals surface area contributed by atoms with Gasteiger partial charge in [-0.2, -0.15) is 0 Å². The highest BCUT2D eigenvalue weighted by molar-refractivity contribution is 6.06. The summed E-state index contributed by atoms with van der Waals surface area (Å²) in [6, 6.07) is 5.66. The van der Waals surface area contributed by atoms with Gasteiger partial charge in [0.05, 0.1) is 7.11 Å². The van der Waals surface area contributed by atoms with E-state index in [1.54, 1.807) is 6.07 Å². The van der Waals surface area contributed by atoms with Crippen LogP contribution in [0, 0.1) is 0 Å². The number of phenolic OH excluding ortho intramolecular Hbond substituents is 3. The molecule has 176 valence electrons. The van der Waals surface area contributed by atoms with Crippen molar-refractivity contribution in [3.05, 3.63) is 64.3 Å². The Kier molecular flexibility index (Phi) is 7.33. The molecule has 4 N–H and O–H groups in total. The molecule has 2 aromatic carbocycles. The van der Waals surface area contributed by atoms with Gasteiger partial charge in [-0.25, -0.2) is 0 Å². The van der Waals surface area contributed by atoms with Gasteiger partial charge in [0.2, 0.25) is 5.78 Å². The zero-order valence-corrected chi connectivity index (χ0v) is 19.3. The van der Waals surface area contributed by atoms with Crippen LogP contribution in [-0.2, 0) is 6.42 Å². The maximum atomic E-state index is 13.0. The zero-order chi connectivity index (χ0) is 24.3. The Morgan fingerprint density at radius 3 is 2.45 bits per heavy atom. The first kappa shape index (κ1) is 24.2. The van der Waals surface area contributed by atoms with E-state index in [-0.39, 0.29) is 40.5 Å². The van der Waals surface area contributed by atoms with Crippen LogP contribution in [0.25, 0.3) is 0 Å². The number of hydrogen-bond acceptors (Lipinski definition) is 7. The molecule has 0 amide bonds. The molecule has 0 aromatic heterocycles. The highest BCUT2D eigenvalue weighted by Gasteiger charge is 2.40. The molecule has 2 unspecified atom stereocenters. The number of aliphatic hydroxyl groups excluding tert-OH is 1. The zero-order valence-electron chi connectivity index (χ0n) is 19.3. The number of hydrogen-bond donors (Lipinski definition) is 4. The quantitative estimate of drug-likeness (QED) is 0.447. The molecule has 1 heterocycles. The average molecular weight is 455 g/mol. The molecule has 0 spiro atoms. The van der Waals surface area contributed by atoms with Gasteiger partial charge in [0.15, 0.2) is 23.7 Å². The Morgan fingerprint density at radius 2 is 1.82 bits per heavy atom. The molecule has 0 saturated carbocycles. The van der Waals surface area contributed by atoms with Crippen LogP contribution < -0.4 is 9.47 Å². The predicted molar refractivity (Wildman–Crippen MR) is 124 cm³/mol. The third kappa shape index (κ3) is 5.14. The van der Waals surface area contributed by atoms with Crippen molar-refractivity contribution in [2.75, 3.05) is 7.11 Å². The summed E-state index contributed by atoms with van der Waals surface area (Å²) in [4.78, 5) is 13.0. The number of aromatic hydroxyl groups is 3. The van der Waals surface area contributed by atoms with Crippen LogP contribution in [-0.4, -0.2) is 39.4 Å². The normalized spacial score (nSPS) is 17.8. The van der Waals surface area contributed by atoms with Gasteiger partial charge in [-0.1, -0.05) is 29.4 Å². The largest absolute Gasteiger partial charge is 0.507 e. The first-order chi connectivity index (χ1) is 15.6. The van der Waals surface area contributed by atoms with Gasteiger partial charge in [0.1, 0.15) is 22.8 Å². The number of Topliss-reactive ketones (excluding diaryl/α,β-unsaturated/α-hetero) is 1. The summed E-state index contributed by atoms with van der Waals surface area (Å²) >= 11 is 0. The Bertz CT molecular complexity index is 1110. The van der Waals surface area contributed by atoms with Gasteiger partial charge in [-0.3, -0.25) is 4.79 Å². The van der Waals surface area contributed by atoms with E-state index >= 15 is 0 Å². The number of benzene rings is 2. The fraction of sp³-hybridized carbons (Fsp3) is 0.346. The molecule has 0 aliphatic carbocycles. The van der Waals surface area contributed by atoms with Gasteiger partial charge in [-0.05, 0) is 57.7 Å². The smallest absolute Gasteiger partial charge is 0.202 e. The van der Waals surface area contributed by atoms with E-state index in [4.69, 9.17) is 9.47 Å². The third-order valence-electron chi connectivity index (χ3n) is 5.68. The van der Waals surface area contributed by atoms with Gasteiger partial charge in [-0.15, -0.1) is 0 Å². The fourth-order valence-corrected chi connectivity index (χ4v) is 3.79. The maximum absolute atomic E-state index is 13.0. The molecular weight excluding hydrogens is 424 g/mol. The van der Waals surface area contributed by atoms with Gasteiger partial charge in [0, 0.05) is 11.6 Å². The van der Waals surface area contributed by atoms with E-state index in [2.05, 4.69) is 6.08 Å². The fourth-order valence-electron chi connectivity index (χ4n) is 3.79. The van der Waals surface area contributed by atoms with Crippen molar-refractivity contribution in [2.45, 2.75) is 52.2 Å². The second-order valence-electron chi connectivity index (χ2n) is 8.45. The van der Waals surface area contributed by atoms with Crippen molar-refractivity contribution in [3.63, 3.8) is 0 Å². The van der Waals surface area contributed by atoms with Gasteiger partial charge >= 0.3 is 0 Å². The summed E-state index contributed by atoms with van der Waals surface area (Å²) in [5.74, 6) is -1.30. The summed E-state index contributed by atoms with van der Waals surface area (Å²) in [5, 5.41) is 42.0. The second kappa shape index (κ2) is 10.0. The average Bonchev–Trinajstić information content (AvgIpc) is 2.75. The molecule has 0 fully saturated rings. The molecule has 7 nitrogen and oxygen atoms in total. The van der Waals surface area contributed by atoms with E-state index in [9.17, 15) is 25.2 Å². The summed E-state index contributed by atoms with van der Waals surface area (Å²) in [7, 11) is 1.41. The Morgan fingerprint density at radius 1 is 1.09 bits per heavy atom. The van der Waals surface area contributed by atoms with Crippen molar-refractivity contribution >= 4 is 5.78 Å². The molecule has 1 aliphatic heterocycles. The molecule has 0 saturated heterocycles. The minimum absolute atomic E-state index is 0.0337. The number of ketones is 1. The molecule has 33 heavy (non-hydrogen) atoms. The number of ether oxygens (including phenoxy) is 2. The highest BCUT2D eigenvalue weighted by Crippen LogP contribution is 2.45. The van der Waals surface area contributed by atoms with E-state index < -0.39 is 23.7 Å². The van der Waals surface area contributed by atoms with Gasteiger partial charge < -0.3 is 29.9 Å². The van der Waals surface area contributed by atoms with Crippen molar-refractivity contribution in [2.24, 2.45) is 0 Å². The molecule has 2 atom stereocenters. The molecule has 3 rings (SSSR count).